The number of anilines is 2. The SMILES string of the molecule is C=C/C(=C/C=C\C(=C)NC1Nc2nonc2NC1=NC1C=C(Cl)C(Cl)=CC1)C/C=C\C. The molecule has 0 fully saturated rings. The van der Waals surface area contributed by atoms with Crippen LogP contribution in [0.25, 0.3) is 0 Å². The zero-order chi connectivity index (χ0) is 22.2. The van der Waals surface area contributed by atoms with Gasteiger partial charge in [0.05, 0.1) is 16.1 Å². The van der Waals surface area contributed by atoms with Crippen LogP contribution in [0, 0.1) is 0 Å². The van der Waals surface area contributed by atoms with Crippen molar-refractivity contribution in [1.82, 2.24) is 15.6 Å². The van der Waals surface area contributed by atoms with Gasteiger partial charge in [0.25, 0.3) is 0 Å². The van der Waals surface area contributed by atoms with Crippen LogP contribution < -0.4 is 16.0 Å². The fourth-order valence-corrected chi connectivity index (χ4v) is 3.25. The lowest BCUT2D eigenvalue weighted by molar-refractivity contribution is 0.310. The number of nitrogens with zero attached hydrogens (tertiary/aromatic N) is 3. The van der Waals surface area contributed by atoms with Crippen LogP contribution in [0.1, 0.15) is 19.8 Å². The highest BCUT2D eigenvalue weighted by molar-refractivity contribution is 6.44. The fourth-order valence-electron chi connectivity index (χ4n) is 2.88. The average Bonchev–Trinajstić information content (AvgIpc) is 3.20. The molecule has 2 aliphatic rings. The van der Waals surface area contributed by atoms with Gasteiger partial charge in [-0.3, -0.25) is 4.99 Å². The van der Waals surface area contributed by atoms with E-state index in [0.29, 0.717) is 39.7 Å². The van der Waals surface area contributed by atoms with Crippen LogP contribution in [0.3, 0.4) is 0 Å². The van der Waals surface area contributed by atoms with Crippen molar-refractivity contribution >= 4 is 40.7 Å². The van der Waals surface area contributed by atoms with Crippen LogP contribution >= 0.6 is 23.2 Å². The molecule has 0 radical (unpaired) electrons. The molecule has 0 bridgehead atoms. The molecule has 0 spiro atoms. The highest BCUT2D eigenvalue weighted by Gasteiger charge is 2.28. The summed E-state index contributed by atoms with van der Waals surface area (Å²) in [5.74, 6) is 1.54. The summed E-state index contributed by atoms with van der Waals surface area (Å²) >= 11 is 12.2. The van der Waals surface area contributed by atoms with E-state index < -0.39 is 6.17 Å². The standard InChI is InChI=1S/C22H24Cl2N6O/c1-4-6-9-15(5-2)10-7-8-14(3)25-19-20(28-22-21(27-19)29-31-30-22)26-16-11-12-17(23)18(24)13-16/h4-8,10,12-13,16,19,25H,2-3,9,11H2,1H3,(H,27,29)(H,26,28,30)/b6-4-,8-7-,15-10-. The van der Waals surface area contributed by atoms with Crippen LogP contribution in [0.2, 0.25) is 0 Å². The Bertz CT molecular complexity index is 1010. The Balaban J connectivity index is 1.73. The lowest BCUT2D eigenvalue weighted by Crippen LogP contribution is -2.49. The molecule has 9 heteroatoms. The molecule has 1 aromatic heterocycles. The largest absolute Gasteiger partial charge is 0.360 e. The maximum atomic E-state index is 6.15. The minimum Gasteiger partial charge on any atom is -0.360 e. The number of rotatable bonds is 8. The number of hydrogen-bond acceptors (Lipinski definition) is 6. The second-order valence-corrected chi connectivity index (χ2v) is 7.61. The summed E-state index contributed by atoms with van der Waals surface area (Å²) in [6.45, 7) is 9.90. The van der Waals surface area contributed by atoms with Gasteiger partial charge in [0.1, 0.15) is 5.84 Å². The van der Waals surface area contributed by atoms with Crippen molar-refractivity contribution in [3.8, 4) is 0 Å². The van der Waals surface area contributed by atoms with Gasteiger partial charge in [0.15, 0.2) is 6.17 Å². The second-order valence-electron chi connectivity index (χ2n) is 6.80. The predicted molar refractivity (Wildman–Crippen MR) is 128 cm³/mol. The third kappa shape index (κ3) is 6.23. The van der Waals surface area contributed by atoms with Gasteiger partial charge in [0, 0.05) is 5.70 Å². The number of fused-ring (bicyclic) bond motifs is 1. The average molecular weight is 459 g/mol. The molecule has 0 saturated carbocycles. The summed E-state index contributed by atoms with van der Waals surface area (Å²) in [6, 6.07) is -0.168. The fraction of sp³-hybridized carbons (Fsp3) is 0.227. The Labute approximate surface area is 191 Å². The summed E-state index contributed by atoms with van der Waals surface area (Å²) in [4.78, 5) is 4.76. The molecule has 3 rings (SSSR count). The number of nitrogens with one attached hydrogen (secondary N) is 3. The van der Waals surface area contributed by atoms with E-state index in [2.05, 4.69) is 45.5 Å². The van der Waals surface area contributed by atoms with Gasteiger partial charge in [0.2, 0.25) is 11.6 Å². The second kappa shape index (κ2) is 10.8. The quantitative estimate of drug-likeness (QED) is 0.357. The van der Waals surface area contributed by atoms with Crippen molar-refractivity contribution in [2.45, 2.75) is 32.0 Å². The van der Waals surface area contributed by atoms with E-state index in [4.69, 9.17) is 32.8 Å². The van der Waals surface area contributed by atoms with Crippen LogP contribution in [0.15, 0.2) is 92.7 Å². The van der Waals surface area contributed by atoms with Crippen LogP contribution in [-0.2, 0) is 0 Å². The summed E-state index contributed by atoms with van der Waals surface area (Å²) in [7, 11) is 0. The van der Waals surface area contributed by atoms with Crippen molar-refractivity contribution in [2.75, 3.05) is 10.6 Å². The van der Waals surface area contributed by atoms with Crippen molar-refractivity contribution < 1.29 is 4.63 Å². The van der Waals surface area contributed by atoms with Gasteiger partial charge in [-0.1, -0.05) is 72.8 Å². The summed E-state index contributed by atoms with van der Waals surface area (Å²) < 4.78 is 4.80. The Hall–Kier alpha value is -3.03. The molecule has 1 aliphatic carbocycles. The molecular weight excluding hydrogens is 435 g/mol. The number of hydrogen-bond donors (Lipinski definition) is 3. The van der Waals surface area contributed by atoms with Gasteiger partial charge >= 0.3 is 0 Å². The van der Waals surface area contributed by atoms with Crippen molar-refractivity contribution in [3.05, 3.63) is 83.1 Å². The number of amidine groups is 1. The van der Waals surface area contributed by atoms with E-state index in [0.717, 1.165) is 12.0 Å². The van der Waals surface area contributed by atoms with E-state index in [9.17, 15) is 0 Å². The molecule has 1 aliphatic heterocycles. The Morgan fingerprint density at radius 2 is 2.16 bits per heavy atom. The third-order valence-electron chi connectivity index (χ3n) is 4.49. The zero-order valence-corrected chi connectivity index (χ0v) is 18.6. The molecule has 0 amide bonds. The molecule has 3 N–H and O–H groups in total. The van der Waals surface area contributed by atoms with Crippen LogP contribution in [0.5, 0.6) is 0 Å². The number of aromatic nitrogens is 2. The van der Waals surface area contributed by atoms with E-state index in [-0.39, 0.29) is 6.04 Å². The summed E-state index contributed by atoms with van der Waals surface area (Å²) in [5, 5.41) is 18.3. The van der Waals surface area contributed by atoms with Crippen LogP contribution in [0.4, 0.5) is 11.6 Å². The van der Waals surface area contributed by atoms with Gasteiger partial charge in [-0.2, -0.15) is 0 Å². The van der Waals surface area contributed by atoms with E-state index in [1.807, 2.05) is 49.5 Å². The van der Waals surface area contributed by atoms with Crippen molar-refractivity contribution in [2.24, 2.45) is 4.99 Å². The molecule has 7 nitrogen and oxygen atoms in total. The van der Waals surface area contributed by atoms with Crippen molar-refractivity contribution in [1.29, 1.82) is 0 Å². The third-order valence-corrected chi connectivity index (χ3v) is 5.27. The molecule has 162 valence electrons. The topological polar surface area (TPSA) is 87.4 Å². The maximum Gasteiger partial charge on any atom is 0.220 e. The first-order valence-corrected chi connectivity index (χ1v) is 10.5. The lowest BCUT2D eigenvalue weighted by Gasteiger charge is -2.28. The molecule has 0 saturated heterocycles. The van der Waals surface area contributed by atoms with Gasteiger partial charge in [-0.05, 0) is 47.8 Å². The van der Waals surface area contributed by atoms with Gasteiger partial charge in [-0.25, -0.2) is 4.63 Å². The minimum atomic E-state index is -0.420. The Morgan fingerprint density at radius 3 is 2.90 bits per heavy atom. The van der Waals surface area contributed by atoms with Gasteiger partial charge < -0.3 is 16.0 Å². The summed E-state index contributed by atoms with van der Waals surface area (Å²) in [6.07, 6.45) is 16.4. The molecule has 31 heavy (non-hydrogen) atoms. The highest BCUT2D eigenvalue weighted by Crippen LogP contribution is 2.28. The Morgan fingerprint density at radius 1 is 1.35 bits per heavy atom. The monoisotopic (exact) mass is 458 g/mol. The molecule has 0 aromatic carbocycles. The molecule has 2 atom stereocenters. The van der Waals surface area contributed by atoms with Gasteiger partial charge in [-0.15, -0.1) is 0 Å². The van der Waals surface area contributed by atoms with E-state index >= 15 is 0 Å². The normalized spacial score (nSPS) is 22.5. The maximum absolute atomic E-state index is 6.15. The first-order valence-electron chi connectivity index (χ1n) is 9.73. The smallest absolute Gasteiger partial charge is 0.220 e. The van der Waals surface area contributed by atoms with E-state index in [1.54, 1.807) is 0 Å². The molecule has 1 aromatic rings. The minimum absolute atomic E-state index is 0.168. The highest BCUT2D eigenvalue weighted by atomic mass is 35.5. The number of allylic oxidation sites excluding steroid dienone is 9. The molecule has 2 heterocycles. The zero-order valence-electron chi connectivity index (χ0n) is 17.1. The molecular formula is C22H24Cl2N6O. The van der Waals surface area contributed by atoms with Crippen molar-refractivity contribution in [3.63, 3.8) is 0 Å². The molecule has 2 unspecified atom stereocenters. The lowest BCUT2D eigenvalue weighted by atomic mass is 10.1. The first-order chi connectivity index (χ1) is 15.0. The van der Waals surface area contributed by atoms with Crippen LogP contribution in [-0.4, -0.2) is 28.4 Å². The number of aliphatic imine (C=N–C) groups is 1. The summed E-state index contributed by atoms with van der Waals surface area (Å²) in [5.41, 5.74) is 1.78. The number of halogens is 2. The Kier molecular flexibility index (Phi) is 7.92. The first kappa shape index (κ1) is 22.7. The van der Waals surface area contributed by atoms with E-state index in [1.165, 1.54) is 0 Å². The predicted octanol–water partition coefficient (Wildman–Crippen LogP) is 5.39.